The average Bonchev–Trinajstić information content (AvgIpc) is 3.12. The summed E-state index contributed by atoms with van der Waals surface area (Å²) in [5.41, 5.74) is -2.22. The highest BCUT2D eigenvalue weighted by Crippen LogP contribution is 2.57. The Morgan fingerprint density at radius 3 is 2.46 bits per heavy atom. The summed E-state index contributed by atoms with van der Waals surface area (Å²) in [6, 6.07) is -0.870. The molecule has 10 nitrogen and oxygen atoms in total. The van der Waals surface area contributed by atoms with Crippen molar-refractivity contribution in [2.75, 3.05) is 72.7 Å². The van der Waals surface area contributed by atoms with Crippen LogP contribution in [0.5, 0.6) is 0 Å². The van der Waals surface area contributed by atoms with Crippen molar-refractivity contribution in [3.63, 3.8) is 0 Å². The monoisotopic (exact) mass is 488 g/mol. The molecule has 0 radical (unpaired) electrons. The molecule has 192 valence electrons. The van der Waals surface area contributed by atoms with E-state index in [1.165, 1.54) is 0 Å². The molecule has 5 aliphatic heterocycles. The van der Waals surface area contributed by atoms with E-state index in [0.29, 0.717) is 39.3 Å². The number of carbonyl (C=O) groups is 3. The molecule has 3 saturated heterocycles. The van der Waals surface area contributed by atoms with E-state index in [1.807, 2.05) is 31.2 Å². The van der Waals surface area contributed by atoms with Crippen LogP contribution in [0.3, 0.4) is 0 Å². The van der Waals surface area contributed by atoms with Crippen LogP contribution in [0.2, 0.25) is 0 Å². The third-order valence-corrected chi connectivity index (χ3v) is 8.19. The third kappa shape index (κ3) is 3.91. The van der Waals surface area contributed by atoms with Gasteiger partial charge in [-0.05, 0) is 13.3 Å². The Morgan fingerprint density at radius 1 is 0.971 bits per heavy atom. The lowest BCUT2D eigenvalue weighted by Gasteiger charge is -2.38. The first-order valence-electron chi connectivity index (χ1n) is 12.6. The quantitative estimate of drug-likeness (QED) is 0.484. The third-order valence-electron chi connectivity index (χ3n) is 8.19. The highest BCUT2D eigenvalue weighted by atomic mass is 16.5. The number of likely N-dealkylation sites (N-methyl/N-ethyl adjacent to an activating group) is 1. The number of aliphatic hydroxyl groups is 1. The van der Waals surface area contributed by atoms with Crippen molar-refractivity contribution >= 4 is 17.7 Å². The molecule has 1 unspecified atom stereocenters. The Kier molecular flexibility index (Phi) is 6.50. The van der Waals surface area contributed by atoms with Crippen LogP contribution in [-0.2, 0) is 23.9 Å². The second-order valence-corrected chi connectivity index (χ2v) is 10.4. The molecule has 3 fully saturated rings. The molecule has 0 aromatic rings. The highest BCUT2D eigenvalue weighted by molar-refractivity contribution is 6.00. The van der Waals surface area contributed by atoms with Gasteiger partial charge in [-0.3, -0.25) is 19.3 Å². The first kappa shape index (κ1) is 24.4. The van der Waals surface area contributed by atoms with Gasteiger partial charge in [-0.15, -0.1) is 0 Å². The van der Waals surface area contributed by atoms with Gasteiger partial charge in [0.2, 0.25) is 17.7 Å². The maximum atomic E-state index is 14.1. The molecule has 0 saturated carbocycles. The first-order valence-corrected chi connectivity index (χ1v) is 12.6. The van der Waals surface area contributed by atoms with Gasteiger partial charge in [0.25, 0.3) is 0 Å². The molecule has 0 aromatic carbocycles. The minimum atomic E-state index is -1.23. The van der Waals surface area contributed by atoms with Crippen molar-refractivity contribution in [2.24, 2.45) is 11.8 Å². The van der Waals surface area contributed by atoms with Gasteiger partial charge in [-0.2, -0.15) is 0 Å². The summed E-state index contributed by atoms with van der Waals surface area (Å²) in [7, 11) is 1.73. The van der Waals surface area contributed by atoms with Gasteiger partial charge >= 0.3 is 0 Å². The van der Waals surface area contributed by atoms with E-state index >= 15 is 0 Å². The minimum Gasteiger partial charge on any atom is -0.396 e. The van der Waals surface area contributed by atoms with Crippen molar-refractivity contribution < 1.29 is 29.0 Å². The van der Waals surface area contributed by atoms with Crippen LogP contribution in [0.15, 0.2) is 24.3 Å². The number of ether oxygens (including phenoxy) is 2. The zero-order valence-corrected chi connectivity index (χ0v) is 20.6. The standard InChI is InChI=1S/C25H36N4O6/c1-24-6-3-8-26(2)21(31)18(24)19-22(32)29(10-5-15-30)20-23(33)28(9-4-7-25(19,20)35-24)12-11-27-13-16-34-17-14-27/h3-4,6-7,18-20,30H,5,8-17H2,1-2H3/t18-,19-,20?,24+,25-/m0/s1. The number of nitrogens with zero attached hydrogens (tertiary/aromatic N) is 4. The molecule has 5 heterocycles. The zero-order chi connectivity index (χ0) is 24.8. The summed E-state index contributed by atoms with van der Waals surface area (Å²) >= 11 is 0. The Hall–Kier alpha value is -2.27. The molecule has 1 spiro atoms. The van der Waals surface area contributed by atoms with Crippen molar-refractivity contribution in [3.05, 3.63) is 24.3 Å². The largest absolute Gasteiger partial charge is 0.396 e. The molecule has 5 aliphatic rings. The number of rotatable bonds is 6. The van der Waals surface area contributed by atoms with E-state index in [1.54, 1.807) is 21.7 Å². The Morgan fingerprint density at radius 2 is 1.71 bits per heavy atom. The summed E-state index contributed by atoms with van der Waals surface area (Å²) in [6.45, 7) is 7.17. The van der Waals surface area contributed by atoms with E-state index < -0.39 is 29.1 Å². The summed E-state index contributed by atoms with van der Waals surface area (Å²) in [6.07, 6.45) is 7.92. The lowest BCUT2D eigenvalue weighted by molar-refractivity contribution is -0.152. The van der Waals surface area contributed by atoms with Gasteiger partial charge in [-0.25, -0.2) is 0 Å². The number of hydrogen-bond acceptors (Lipinski definition) is 7. The van der Waals surface area contributed by atoms with Crippen LogP contribution in [-0.4, -0.2) is 132 Å². The maximum absolute atomic E-state index is 14.1. The van der Waals surface area contributed by atoms with Gasteiger partial charge in [0.05, 0.1) is 30.7 Å². The number of hydrogen-bond donors (Lipinski definition) is 1. The molecule has 5 rings (SSSR count). The SMILES string of the molecule is CN1CC=C[C@@]2(C)O[C@]34C=CCN(CCN5CCOCC5)C(=O)C3N(CCCO)C(=O)[C@@H]4[C@H]2C1=O. The molecular weight excluding hydrogens is 452 g/mol. The number of aliphatic hydroxyl groups excluding tert-OH is 1. The summed E-state index contributed by atoms with van der Waals surface area (Å²) < 4.78 is 12.1. The van der Waals surface area contributed by atoms with Gasteiger partial charge in [0.1, 0.15) is 11.6 Å². The number of carbonyl (C=O) groups excluding carboxylic acids is 3. The van der Waals surface area contributed by atoms with E-state index in [-0.39, 0.29) is 30.9 Å². The van der Waals surface area contributed by atoms with Crippen molar-refractivity contribution in [1.29, 1.82) is 0 Å². The molecule has 1 N–H and O–H groups in total. The van der Waals surface area contributed by atoms with E-state index in [2.05, 4.69) is 4.90 Å². The van der Waals surface area contributed by atoms with E-state index in [9.17, 15) is 19.5 Å². The Balaban J connectivity index is 1.50. The predicted octanol–water partition coefficient (Wildman–Crippen LogP) is -0.901. The van der Waals surface area contributed by atoms with Crippen LogP contribution in [0, 0.1) is 11.8 Å². The number of fused-ring (bicyclic) bond motifs is 2. The molecule has 0 aromatic heterocycles. The zero-order valence-electron chi connectivity index (χ0n) is 20.6. The molecular formula is C25H36N4O6. The van der Waals surface area contributed by atoms with Gasteiger partial charge in [0.15, 0.2) is 0 Å². The van der Waals surface area contributed by atoms with Crippen molar-refractivity contribution in [3.8, 4) is 0 Å². The van der Waals surface area contributed by atoms with Crippen LogP contribution >= 0.6 is 0 Å². The minimum absolute atomic E-state index is 0.0919. The van der Waals surface area contributed by atoms with Crippen LogP contribution in [0.1, 0.15) is 13.3 Å². The predicted molar refractivity (Wildman–Crippen MR) is 126 cm³/mol. The summed E-state index contributed by atoms with van der Waals surface area (Å²) in [5, 5.41) is 9.49. The fraction of sp³-hybridized carbons (Fsp3) is 0.720. The fourth-order valence-corrected chi connectivity index (χ4v) is 6.46. The topological polar surface area (TPSA) is 103 Å². The molecule has 10 heteroatoms. The molecule has 5 atom stereocenters. The lowest BCUT2D eigenvalue weighted by Crippen LogP contribution is -2.56. The van der Waals surface area contributed by atoms with Gasteiger partial charge in [-0.1, -0.05) is 24.3 Å². The van der Waals surface area contributed by atoms with Crippen molar-refractivity contribution in [1.82, 2.24) is 19.6 Å². The number of morpholine rings is 1. The molecule has 0 aliphatic carbocycles. The van der Waals surface area contributed by atoms with Crippen molar-refractivity contribution in [2.45, 2.75) is 30.6 Å². The fourth-order valence-electron chi connectivity index (χ4n) is 6.46. The van der Waals surface area contributed by atoms with E-state index in [4.69, 9.17) is 9.47 Å². The average molecular weight is 489 g/mol. The van der Waals surface area contributed by atoms with Crippen LogP contribution < -0.4 is 0 Å². The molecule has 0 bridgehead atoms. The van der Waals surface area contributed by atoms with Gasteiger partial charge in [0, 0.05) is 59.5 Å². The normalized spacial score (nSPS) is 37.4. The summed E-state index contributed by atoms with van der Waals surface area (Å²) in [4.78, 5) is 48.7. The second kappa shape index (κ2) is 9.31. The van der Waals surface area contributed by atoms with E-state index in [0.717, 1.165) is 19.6 Å². The Bertz CT molecular complexity index is 933. The summed E-state index contributed by atoms with van der Waals surface area (Å²) in [5.74, 6) is -2.08. The maximum Gasteiger partial charge on any atom is 0.249 e. The van der Waals surface area contributed by atoms with Gasteiger partial charge < -0.3 is 29.3 Å². The molecule has 35 heavy (non-hydrogen) atoms. The second-order valence-electron chi connectivity index (χ2n) is 10.4. The Labute approximate surface area is 206 Å². The van der Waals surface area contributed by atoms with Crippen LogP contribution in [0.25, 0.3) is 0 Å². The molecule has 3 amide bonds. The highest BCUT2D eigenvalue weighted by Gasteiger charge is 2.74. The number of amides is 3. The first-order chi connectivity index (χ1) is 16.8. The smallest absolute Gasteiger partial charge is 0.249 e. The van der Waals surface area contributed by atoms with Crippen LogP contribution in [0.4, 0.5) is 0 Å². The lowest BCUT2D eigenvalue weighted by atomic mass is 9.74. The number of likely N-dealkylation sites (tertiary alicyclic amines) is 1.